The second kappa shape index (κ2) is 9.90. The number of guanidine groups is 1. The molecule has 1 unspecified atom stereocenters. The molecule has 1 spiro atoms. The molecule has 1 saturated heterocycles. The Kier molecular flexibility index (Phi) is 8.19. The summed E-state index contributed by atoms with van der Waals surface area (Å²) in [5.41, 5.74) is 1.71. The summed E-state index contributed by atoms with van der Waals surface area (Å²) in [6.07, 6.45) is 5.45. The second-order valence-electron chi connectivity index (χ2n) is 7.03. The number of hydrogen-bond donors (Lipinski definition) is 1. The van der Waals surface area contributed by atoms with Crippen LogP contribution < -0.4 is 5.32 Å². The molecule has 1 atom stereocenters. The van der Waals surface area contributed by atoms with Crippen LogP contribution in [0.15, 0.2) is 35.3 Å². The fourth-order valence-corrected chi connectivity index (χ4v) is 4.72. The molecule has 0 amide bonds. The van der Waals surface area contributed by atoms with Crippen molar-refractivity contribution >= 4 is 40.7 Å². The van der Waals surface area contributed by atoms with Gasteiger partial charge < -0.3 is 10.2 Å². The van der Waals surface area contributed by atoms with E-state index in [2.05, 4.69) is 17.1 Å². The van der Waals surface area contributed by atoms with Crippen LogP contribution in [-0.4, -0.2) is 47.0 Å². The van der Waals surface area contributed by atoms with Gasteiger partial charge in [-0.1, -0.05) is 36.8 Å². The minimum atomic E-state index is -0.852. The summed E-state index contributed by atoms with van der Waals surface area (Å²) >= 11 is 0. The molecule has 3 rings (SSSR count). The minimum absolute atomic E-state index is 0. The van der Waals surface area contributed by atoms with Gasteiger partial charge >= 0.3 is 0 Å². The third-order valence-corrected chi connectivity index (χ3v) is 6.53. The number of nitrogens with zero attached hydrogens (tertiary/aromatic N) is 2. The highest BCUT2D eigenvalue weighted by Gasteiger charge is 2.43. The normalized spacial score (nSPS) is 20.0. The predicted octanol–water partition coefficient (Wildman–Crippen LogP) is 3.39. The van der Waals surface area contributed by atoms with Gasteiger partial charge in [0.05, 0.1) is 6.54 Å². The average molecular weight is 475 g/mol. The first-order chi connectivity index (χ1) is 11.7. The zero-order valence-electron chi connectivity index (χ0n) is 15.1. The molecule has 2 fully saturated rings. The first-order valence-corrected chi connectivity index (χ1v) is 10.6. The predicted molar refractivity (Wildman–Crippen MR) is 117 cm³/mol. The summed E-state index contributed by atoms with van der Waals surface area (Å²) in [6.45, 7) is 5.88. The Morgan fingerprint density at radius 1 is 1.28 bits per heavy atom. The van der Waals surface area contributed by atoms with Gasteiger partial charge in [-0.25, -0.2) is 0 Å². The van der Waals surface area contributed by atoms with Crippen LogP contribution in [0, 0.1) is 5.41 Å². The van der Waals surface area contributed by atoms with Crippen LogP contribution >= 0.6 is 24.0 Å². The molecule has 1 aliphatic carbocycles. The second-order valence-corrected chi connectivity index (χ2v) is 8.61. The van der Waals surface area contributed by atoms with Crippen LogP contribution in [0.4, 0.5) is 0 Å². The Hall–Kier alpha value is -0.630. The lowest BCUT2D eigenvalue weighted by atomic mass is 9.68. The quantitative estimate of drug-likeness (QED) is 0.390. The van der Waals surface area contributed by atoms with E-state index in [1.165, 1.54) is 25.7 Å². The summed E-state index contributed by atoms with van der Waals surface area (Å²) in [6, 6.07) is 10.1. The number of benzene rings is 1. The molecule has 25 heavy (non-hydrogen) atoms. The Labute approximate surface area is 171 Å². The zero-order chi connectivity index (χ0) is 16.8. The topological polar surface area (TPSA) is 44.7 Å². The lowest BCUT2D eigenvalue weighted by Gasteiger charge is -2.38. The highest BCUT2D eigenvalue weighted by molar-refractivity contribution is 14.0. The highest BCUT2D eigenvalue weighted by atomic mass is 127. The van der Waals surface area contributed by atoms with Crippen LogP contribution in [0.3, 0.4) is 0 Å². The minimum Gasteiger partial charge on any atom is -0.357 e. The van der Waals surface area contributed by atoms with Crippen molar-refractivity contribution in [3.63, 3.8) is 0 Å². The standard InChI is InChI=1S/C19H29N3OS.HI/c1-2-20-18(22-13-11-19(16-22)9-6-10-19)21-12-14-24(23)15-17-7-4-3-5-8-17;/h3-5,7-8H,2,6,9-16H2,1H3,(H,20,21);1H. The van der Waals surface area contributed by atoms with Crippen molar-refractivity contribution in [3.8, 4) is 0 Å². The largest absolute Gasteiger partial charge is 0.357 e. The van der Waals surface area contributed by atoms with E-state index in [1.807, 2.05) is 30.3 Å². The van der Waals surface area contributed by atoms with Gasteiger partial charge in [0.15, 0.2) is 5.96 Å². The van der Waals surface area contributed by atoms with Crippen molar-refractivity contribution in [2.75, 3.05) is 31.9 Å². The van der Waals surface area contributed by atoms with Gasteiger partial charge in [0.25, 0.3) is 0 Å². The van der Waals surface area contributed by atoms with E-state index in [-0.39, 0.29) is 24.0 Å². The number of likely N-dealkylation sites (tertiary alicyclic amines) is 1. The van der Waals surface area contributed by atoms with Gasteiger partial charge in [0, 0.05) is 41.9 Å². The summed E-state index contributed by atoms with van der Waals surface area (Å²) in [5, 5.41) is 3.41. The first-order valence-electron chi connectivity index (χ1n) is 9.13. The number of aliphatic imine (C=N–C) groups is 1. The molecule has 1 saturated carbocycles. The van der Waals surface area contributed by atoms with Crippen LogP contribution in [0.1, 0.15) is 38.2 Å². The molecule has 1 aliphatic heterocycles. The van der Waals surface area contributed by atoms with Gasteiger partial charge in [-0.2, -0.15) is 0 Å². The smallest absolute Gasteiger partial charge is 0.193 e. The Morgan fingerprint density at radius 3 is 2.64 bits per heavy atom. The maximum absolute atomic E-state index is 12.2. The summed E-state index contributed by atoms with van der Waals surface area (Å²) < 4.78 is 12.2. The van der Waals surface area contributed by atoms with Crippen molar-refractivity contribution in [2.45, 2.75) is 38.4 Å². The van der Waals surface area contributed by atoms with Crippen LogP contribution in [0.5, 0.6) is 0 Å². The Balaban J connectivity index is 0.00000225. The maximum Gasteiger partial charge on any atom is 0.193 e. The molecule has 140 valence electrons. The van der Waals surface area contributed by atoms with Crippen LogP contribution in [-0.2, 0) is 16.6 Å². The van der Waals surface area contributed by atoms with Gasteiger partial charge in [-0.15, -0.1) is 24.0 Å². The third-order valence-electron chi connectivity index (χ3n) is 5.24. The lowest BCUT2D eigenvalue weighted by molar-refractivity contribution is 0.151. The fraction of sp³-hybridized carbons (Fsp3) is 0.632. The summed E-state index contributed by atoms with van der Waals surface area (Å²) in [4.78, 5) is 7.14. The zero-order valence-corrected chi connectivity index (χ0v) is 18.2. The summed E-state index contributed by atoms with van der Waals surface area (Å²) in [5.74, 6) is 2.26. The lowest BCUT2D eigenvalue weighted by Crippen LogP contribution is -2.42. The monoisotopic (exact) mass is 475 g/mol. The van der Waals surface area contributed by atoms with Crippen molar-refractivity contribution < 1.29 is 4.21 Å². The van der Waals surface area contributed by atoms with Gasteiger partial charge in [0.1, 0.15) is 0 Å². The Bertz CT molecular complexity index is 590. The van der Waals surface area contributed by atoms with E-state index >= 15 is 0 Å². The molecular formula is C19H30IN3OS. The molecule has 4 nitrogen and oxygen atoms in total. The highest BCUT2D eigenvalue weighted by Crippen LogP contribution is 2.47. The maximum atomic E-state index is 12.2. The van der Waals surface area contributed by atoms with E-state index in [1.54, 1.807) is 0 Å². The van der Waals surface area contributed by atoms with E-state index in [0.717, 1.165) is 31.2 Å². The molecule has 1 aromatic carbocycles. The number of halogens is 1. The first kappa shape index (κ1) is 20.7. The SMILES string of the molecule is CCNC(=NCCS(=O)Cc1ccccc1)N1CCC2(CCC2)C1.I. The molecule has 0 aromatic heterocycles. The number of hydrogen-bond acceptors (Lipinski definition) is 2. The van der Waals surface area contributed by atoms with Crippen molar-refractivity contribution in [3.05, 3.63) is 35.9 Å². The molecule has 0 bridgehead atoms. The third kappa shape index (κ3) is 5.67. The van der Waals surface area contributed by atoms with Crippen LogP contribution in [0.25, 0.3) is 0 Å². The van der Waals surface area contributed by atoms with Crippen molar-refractivity contribution in [1.29, 1.82) is 0 Å². The fourth-order valence-electron chi connectivity index (χ4n) is 3.71. The average Bonchev–Trinajstić information content (AvgIpc) is 3.01. The molecule has 1 N–H and O–H groups in total. The van der Waals surface area contributed by atoms with Gasteiger partial charge in [0.2, 0.25) is 0 Å². The van der Waals surface area contributed by atoms with E-state index in [4.69, 9.17) is 4.99 Å². The molecule has 2 aliphatic rings. The van der Waals surface area contributed by atoms with Crippen molar-refractivity contribution in [1.82, 2.24) is 10.2 Å². The van der Waals surface area contributed by atoms with E-state index in [9.17, 15) is 4.21 Å². The number of rotatable bonds is 6. The number of nitrogens with one attached hydrogen (secondary N) is 1. The summed E-state index contributed by atoms with van der Waals surface area (Å²) in [7, 11) is -0.852. The molecule has 6 heteroatoms. The molecular weight excluding hydrogens is 445 g/mol. The Morgan fingerprint density at radius 2 is 2.04 bits per heavy atom. The van der Waals surface area contributed by atoms with Gasteiger partial charge in [-0.3, -0.25) is 9.20 Å². The van der Waals surface area contributed by atoms with Gasteiger partial charge in [-0.05, 0) is 37.2 Å². The molecule has 0 radical (unpaired) electrons. The van der Waals surface area contributed by atoms with Crippen molar-refractivity contribution in [2.24, 2.45) is 10.4 Å². The van der Waals surface area contributed by atoms with Crippen LogP contribution in [0.2, 0.25) is 0 Å². The van der Waals surface area contributed by atoms with E-state index in [0.29, 0.717) is 23.5 Å². The molecule has 1 heterocycles. The molecule has 1 aromatic rings. The van der Waals surface area contributed by atoms with E-state index < -0.39 is 10.8 Å².